The maximum atomic E-state index is 8.64. The van der Waals surface area contributed by atoms with E-state index in [2.05, 4.69) is 5.16 Å². The molecule has 0 aliphatic heterocycles. The maximum Gasteiger partial charge on any atom is 0.119 e. The van der Waals surface area contributed by atoms with Crippen LogP contribution in [0.1, 0.15) is 12.5 Å². The Kier molecular flexibility index (Phi) is 5.04. The Morgan fingerprint density at radius 3 is 3.00 bits per heavy atom. The summed E-state index contributed by atoms with van der Waals surface area (Å²) in [5.74, 6) is 1.78. The van der Waals surface area contributed by atoms with Crippen LogP contribution in [0, 0.1) is 0 Å². The van der Waals surface area contributed by atoms with Gasteiger partial charge in [0.05, 0.1) is 12.3 Å². The van der Waals surface area contributed by atoms with Gasteiger partial charge in [-0.2, -0.15) is 11.8 Å². The average Bonchev–Trinajstić information content (AvgIpc) is 2.29. The third kappa shape index (κ3) is 3.83. The number of hydrogen-bond acceptors (Lipinski definition) is 4. The molecule has 0 aliphatic carbocycles. The summed E-state index contributed by atoms with van der Waals surface area (Å²) in [6.07, 6.45) is 2.04. The molecule has 0 aromatic heterocycles. The first kappa shape index (κ1) is 11.9. The minimum absolute atomic E-state index is 0.588. The van der Waals surface area contributed by atoms with E-state index in [4.69, 9.17) is 9.94 Å². The molecular formula is C11H15NO2S. The third-order valence-electron chi connectivity index (χ3n) is 1.96. The van der Waals surface area contributed by atoms with Crippen molar-refractivity contribution in [1.82, 2.24) is 0 Å². The Balaban J connectivity index is 2.66. The molecule has 0 saturated carbocycles. The monoisotopic (exact) mass is 225 g/mol. The number of hydrogen-bond donors (Lipinski definition) is 1. The molecule has 0 amide bonds. The van der Waals surface area contributed by atoms with Gasteiger partial charge in [-0.3, -0.25) is 0 Å². The van der Waals surface area contributed by atoms with Gasteiger partial charge in [0.25, 0.3) is 0 Å². The van der Waals surface area contributed by atoms with Crippen LogP contribution in [-0.4, -0.2) is 29.5 Å². The summed E-state index contributed by atoms with van der Waals surface area (Å²) in [5, 5.41) is 11.8. The lowest BCUT2D eigenvalue weighted by molar-refractivity contribution is 0.319. The molecule has 0 spiro atoms. The summed E-state index contributed by atoms with van der Waals surface area (Å²) in [4.78, 5) is 0. The molecule has 1 aromatic carbocycles. The SMILES string of the molecule is CSCCOc1cccc(/C(C)=N/O)c1. The first-order chi connectivity index (χ1) is 7.27. The van der Waals surface area contributed by atoms with Gasteiger partial charge in [-0.1, -0.05) is 17.3 Å². The zero-order valence-electron chi connectivity index (χ0n) is 8.93. The summed E-state index contributed by atoms with van der Waals surface area (Å²) in [6.45, 7) is 2.45. The van der Waals surface area contributed by atoms with Crippen molar-refractivity contribution in [2.75, 3.05) is 18.6 Å². The number of rotatable bonds is 5. The van der Waals surface area contributed by atoms with E-state index >= 15 is 0 Å². The number of ether oxygens (including phenoxy) is 1. The predicted molar refractivity (Wildman–Crippen MR) is 64.3 cm³/mol. The topological polar surface area (TPSA) is 41.8 Å². The van der Waals surface area contributed by atoms with E-state index in [1.165, 1.54) is 0 Å². The minimum Gasteiger partial charge on any atom is -0.493 e. The maximum absolute atomic E-state index is 8.64. The third-order valence-corrected chi connectivity index (χ3v) is 2.53. The molecular weight excluding hydrogens is 210 g/mol. The zero-order chi connectivity index (χ0) is 11.1. The van der Waals surface area contributed by atoms with Crippen LogP contribution in [0.2, 0.25) is 0 Å². The summed E-state index contributed by atoms with van der Waals surface area (Å²) in [6, 6.07) is 7.54. The molecule has 0 unspecified atom stereocenters. The summed E-state index contributed by atoms with van der Waals surface area (Å²) in [5.41, 5.74) is 1.46. The van der Waals surface area contributed by atoms with Gasteiger partial charge in [-0.25, -0.2) is 0 Å². The van der Waals surface area contributed by atoms with Crippen LogP contribution in [0.15, 0.2) is 29.4 Å². The molecule has 4 heteroatoms. The van der Waals surface area contributed by atoms with E-state index in [0.717, 1.165) is 17.1 Å². The van der Waals surface area contributed by atoms with Gasteiger partial charge in [0, 0.05) is 11.3 Å². The van der Waals surface area contributed by atoms with Crippen molar-refractivity contribution in [2.24, 2.45) is 5.16 Å². The standard InChI is InChI=1S/C11H15NO2S/c1-9(12-13)10-4-3-5-11(8-10)14-6-7-15-2/h3-5,8,13H,6-7H2,1-2H3/b12-9+. The van der Waals surface area contributed by atoms with Gasteiger partial charge in [0.1, 0.15) is 5.75 Å². The number of oxime groups is 1. The van der Waals surface area contributed by atoms with E-state index in [9.17, 15) is 0 Å². The smallest absolute Gasteiger partial charge is 0.119 e. The van der Waals surface area contributed by atoms with E-state index in [1.54, 1.807) is 18.7 Å². The first-order valence-electron chi connectivity index (χ1n) is 4.68. The highest BCUT2D eigenvalue weighted by molar-refractivity contribution is 7.98. The lowest BCUT2D eigenvalue weighted by atomic mass is 10.1. The Hall–Kier alpha value is -1.16. The van der Waals surface area contributed by atoms with Crippen LogP contribution in [-0.2, 0) is 0 Å². The highest BCUT2D eigenvalue weighted by Gasteiger charge is 2.00. The second-order valence-electron chi connectivity index (χ2n) is 3.05. The predicted octanol–water partition coefficient (Wildman–Crippen LogP) is 2.63. The van der Waals surface area contributed by atoms with Crippen molar-refractivity contribution in [3.8, 4) is 5.75 Å². The van der Waals surface area contributed by atoms with Gasteiger partial charge in [0.15, 0.2) is 0 Å². The van der Waals surface area contributed by atoms with Crippen LogP contribution < -0.4 is 4.74 Å². The molecule has 3 nitrogen and oxygen atoms in total. The molecule has 0 heterocycles. The molecule has 0 radical (unpaired) electrons. The van der Waals surface area contributed by atoms with Crippen LogP contribution in [0.5, 0.6) is 5.75 Å². The molecule has 1 rings (SSSR count). The molecule has 1 aromatic rings. The van der Waals surface area contributed by atoms with Gasteiger partial charge in [-0.05, 0) is 25.3 Å². The van der Waals surface area contributed by atoms with Crippen molar-refractivity contribution in [3.05, 3.63) is 29.8 Å². The Bertz CT molecular complexity index is 339. The second-order valence-corrected chi connectivity index (χ2v) is 4.04. The number of thioether (sulfide) groups is 1. The molecule has 0 aliphatic rings. The van der Waals surface area contributed by atoms with Crippen molar-refractivity contribution in [2.45, 2.75) is 6.92 Å². The molecule has 0 saturated heterocycles. The number of benzene rings is 1. The highest BCUT2D eigenvalue weighted by Crippen LogP contribution is 2.14. The molecule has 0 atom stereocenters. The van der Waals surface area contributed by atoms with Crippen LogP contribution in [0.3, 0.4) is 0 Å². The molecule has 82 valence electrons. The Morgan fingerprint density at radius 2 is 2.33 bits per heavy atom. The summed E-state index contributed by atoms with van der Waals surface area (Å²) in [7, 11) is 0. The Morgan fingerprint density at radius 1 is 1.53 bits per heavy atom. The van der Waals surface area contributed by atoms with Gasteiger partial charge >= 0.3 is 0 Å². The molecule has 0 fully saturated rings. The van der Waals surface area contributed by atoms with Gasteiger partial charge in [0.2, 0.25) is 0 Å². The lowest BCUT2D eigenvalue weighted by Crippen LogP contribution is -2.01. The van der Waals surface area contributed by atoms with Gasteiger partial charge in [-0.15, -0.1) is 0 Å². The normalized spacial score (nSPS) is 11.5. The van der Waals surface area contributed by atoms with Crippen molar-refractivity contribution in [1.29, 1.82) is 0 Å². The van der Waals surface area contributed by atoms with Crippen LogP contribution >= 0.6 is 11.8 Å². The quantitative estimate of drug-likeness (QED) is 0.362. The van der Waals surface area contributed by atoms with Crippen molar-refractivity contribution < 1.29 is 9.94 Å². The minimum atomic E-state index is 0.588. The molecule has 0 bridgehead atoms. The molecule has 15 heavy (non-hydrogen) atoms. The highest BCUT2D eigenvalue weighted by atomic mass is 32.2. The molecule has 1 N–H and O–H groups in total. The van der Waals surface area contributed by atoms with E-state index in [1.807, 2.05) is 30.5 Å². The van der Waals surface area contributed by atoms with Crippen LogP contribution in [0.25, 0.3) is 0 Å². The average molecular weight is 225 g/mol. The summed E-state index contributed by atoms with van der Waals surface area (Å²) < 4.78 is 5.52. The second kappa shape index (κ2) is 6.35. The largest absolute Gasteiger partial charge is 0.493 e. The van der Waals surface area contributed by atoms with E-state index in [0.29, 0.717) is 12.3 Å². The Labute approximate surface area is 94.1 Å². The number of nitrogens with zero attached hydrogens (tertiary/aromatic N) is 1. The van der Waals surface area contributed by atoms with Crippen molar-refractivity contribution >= 4 is 17.5 Å². The van der Waals surface area contributed by atoms with E-state index in [-0.39, 0.29) is 0 Å². The zero-order valence-corrected chi connectivity index (χ0v) is 9.75. The fourth-order valence-electron chi connectivity index (χ4n) is 1.11. The summed E-state index contributed by atoms with van der Waals surface area (Å²) >= 11 is 1.75. The van der Waals surface area contributed by atoms with Gasteiger partial charge < -0.3 is 9.94 Å². The van der Waals surface area contributed by atoms with E-state index < -0.39 is 0 Å². The van der Waals surface area contributed by atoms with Crippen molar-refractivity contribution in [3.63, 3.8) is 0 Å². The van der Waals surface area contributed by atoms with Crippen LogP contribution in [0.4, 0.5) is 0 Å². The fraction of sp³-hybridized carbons (Fsp3) is 0.364. The fourth-order valence-corrected chi connectivity index (χ4v) is 1.36. The lowest BCUT2D eigenvalue weighted by Gasteiger charge is -2.06. The first-order valence-corrected chi connectivity index (χ1v) is 6.08.